The van der Waals surface area contributed by atoms with Crippen LogP contribution in [0, 0.1) is 0 Å². The molecule has 0 aliphatic carbocycles. The molecule has 6 nitrogen and oxygen atoms in total. The van der Waals surface area contributed by atoms with Gasteiger partial charge in [0.2, 0.25) is 5.91 Å². The Balaban J connectivity index is 2.25. The van der Waals surface area contributed by atoms with Crippen LogP contribution in [0.4, 0.5) is 0 Å². The maximum atomic E-state index is 13.4. The van der Waals surface area contributed by atoms with Crippen LogP contribution in [-0.2, 0) is 11.3 Å². The van der Waals surface area contributed by atoms with Crippen LogP contribution in [-0.4, -0.2) is 33.4 Å². The molecule has 0 radical (unpaired) electrons. The molecule has 1 atom stereocenters. The summed E-state index contributed by atoms with van der Waals surface area (Å²) in [4.78, 5) is 32.4. The smallest absolute Gasteiger partial charge is 0.261 e. The minimum absolute atomic E-state index is 0.173. The normalized spacial score (nSPS) is 12.0. The van der Waals surface area contributed by atoms with E-state index in [4.69, 9.17) is 22.3 Å². The van der Waals surface area contributed by atoms with E-state index >= 15 is 0 Å². The number of aromatic nitrogens is 2. The number of carbonyl (C=O) groups is 1. The van der Waals surface area contributed by atoms with E-state index in [1.807, 2.05) is 37.3 Å². The van der Waals surface area contributed by atoms with Crippen molar-refractivity contribution in [3.05, 3.63) is 88.0 Å². The van der Waals surface area contributed by atoms with Crippen molar-refractivity contribution in [3.8, 4) is 0 Å². The van der Waals surface area contributed by atoms with Gasteiger partial charge in [-0.3, -0.25) is 14.2 Å². The van der Waals surface area contributed by atoms with Gasteiger partial charge in [0.05, 0.1) is 23.5 Å². The van der Waals surface area contributed by atoms with Crippen LogP contribution >= 0.6 is 11.6 Å². The molecular weight excluding hydrogens is 400 g/mol. The highest BCUT2D eigenvalue weighted by atomic mass is 35.5. The molecule has 0 saturated carbocycles. The summed E-state index contributed by atoms with van der Waals surface area (Å²) in [6.07, 6.45) is 1.82. The van der Waals surface area contributed by atoms with Crippen LogP contribution in [0.1, 0.15) is 30.8 Å². The minimum atomic E-state index is -0.432. The van der Waals surface area contributed by atoms with Gasteiger partial charge in [-0.15, -0.1) is 0 Å². The largest absolute Gasteiger partial charge is 0.329 e. The Labute approximate surface area is 180 Å². The van der Waals surface area contributed by atoms with E-state index in [-0.39, 0.29) is 11.5 Å². The topological polar surface area (TPSA) is 81.2 Å². The first-order valence-corrected chi connectivity index (χ1v) is 10.2. The van der Waals surface area contributed by atoms with E-state index in [1.165, 1.54) is 6.08 Å². The maximum absolute atomic E-state index is 13.4. The Morgan fingerprint density at radius 3 is 2.67 bits per heavy atom. The van der Waals surface area contributed by atoms with Crippen molar-refractivity contribution >= 4 is 28.4 Å². The van der Waals surface area contributed by atoms with Crippen molar-refractivity contribution in [2.24, 2.45) is 5.73 Å². The highest BCUT2D eigenvalue weighted by Gasteiger charge is 2.27. The van der Waals surface area contributed by atoms with Crippen LogP contribution in [0.15, 0.2) is 66.0 Å². The van der Waals surface area contributed by atoms with Gasteiger partial charge in [0, 0.05) is 18.1 Å². The molecule has 3 aromatic rings. The first-order chi connectivity index (χ1) is 14.5. The van der Waals surface area contributed by atoms with Gasteiger partial charge in [0.1, 0.15) is 5.82 Å². The quantitative estimate of drug-likeness (QED) is 0.561. The van der Waals surface area contributed by atoms with E-state index < -0.39 is 6.04 Å². The summed E-state index contributed by atoms with van der Waals surface area (Å²) >= 11 is 6.15. The van der Waals surface area contributed by atoms with E-state index in [1.54, 1.807) is 27.7 Å². The first-order valence-electron chi connectivity index (χ1n) is 9.87. The monoisotopic (exact) mass is 424 g/mol. The highest BCUT2D eigenvalue weighted by molar-refractivity contribution is 6.31. The number of hydrogen-bond donors (Lipinski definition) is 1. The molecule has 156 valence electrons. The van der Waals surface area contributed by atoms with Crippen LogP contribution in [0.2, 0.25) is 5.02 Å². The molecular formula is C23H25ClN4O2. The van der Waals surface area contributed by atoms with Gasteiger partial charge in [0.15, 0.2) is 0 Å². The van der Waals surface area contributed by atoms with Gasteiger partial charge in [-0.05, 0) is 36.3 Å². The fraction of sp³-hybridized carbons (Fsp3) is 0.261. The van der Waals surface area contributed by atoms with Crippen molar-refractivity contribution in [1.29, 1.82) is 0 Å². The number of nitrogens with two attached hydrogens (primary N) is 1. The van der Waals surface area contributed by atoms with Gasteiger partial charge in [-0.2, -0.15) is 0 Å². The number of amides is 1. The summed E-state index contributed by atoms with van der Waals surface area (Å²) in [5, 5.41) is 0.976. The van der Waals surface area contributed by atoms with E-state index in [2.05, 4.69) is 6.58 Å². The second kappa shape index (κ2) is 9.69. The zero-order valence-corrected chi connectivity index (χ0v) is 17.7. The third kappa shape index (κ3) is 4.45. The lowest BCUT2D eigenvalue weighted by Gasteiger charge is -2.31. The van der Waals surface area contributed by atoms with Gasteiger partial charge in [0.25, 0.3) is 5.56 Å². The summed E-state index contributed by atoms with van der Waals surface area (Å²) in [5.41, 5.74) is 7.05. The van der Waals surface area contributed by atoms with E-state index in [9.17, 15) is 9.59 Å². The Bertz CT molecular complexity index is 1110. The molecule has 7 heteroatoms. The SMILES string of the molecule is C=CC(=O)N(CCN)C(CC)c1nc2cc(Cl)ccc2c(=O)n1Cc1ccccc1. The Hall–Kier alpha value is -2.96. The predicted octanol–water partition coefficient (Wildman–Crippen LogP) is 3.52. The molecule has 1 heterocycles. The molecule has 0 aliphatic rings. The van der Waals surface area contributed by atoms with Crippen LogP contribution in [0.25, 0.3) is 10.9 Å². The minimum Gasteiger partial charge on any atom is -0.329 e. The molecule has 1 amide bonds. The van der Waals surface area contributed by atoms with Gasteiger partial charge < -0.3 is 10.6 Å². The van der Waals surface area contributed by atoms with E-state index in [0.29, 0.717) is 47.8 Å². The van der Waals surface area contributed by atoms with Crippen molar-refractivity contribution < 1.29 is 4.79 Å². The molecule has 3 rings (SSSR count). The molecule has 0 aliphatic heterocycles. The van der Waals surface area contributed by atoms with Gasteiger partial charge in [-0.25, -0.2) is 4.98 Å². The van der Waals surface area contributed by atoms with Crippen LogP contribution < -0.4 is 11.3 Å². The Kier molecular flexibility index (Phi) is 7.03. The fourth-order valence-corrected chi connectivity index (χ4v) is 3.77. The number of hydrogen-bond acceptors (Lipinski definition) is 4. The summed E-state index contributed by atoms with van der Waals surface area (Å²) in [5.74, 6) is 0.253. The maximum Gasteiger partial charge on any atom is 0.261 e. The summed E-state index contributed by atoms with van der Waals surface area (Å²) in [7, 11) is 0. The number of nitrogens with zero attached hydrogens (tertiary/aromatic N) is 3. The lowest BCUT2D eigenvalue weighted by molar-refractivity contribution is -0.128. The average Bonchev–Trinajstić information content (AvgIpc) is 2.76. The molecule has 2 aromatic carbocycles. The summed E-state index contributed by atoms with van der Waals surface area (Å²) in [6.45, 7) is 6.52. The van der Waals surface area contributed by atoms with Crippen molar-refractivity contribution in [3.63, 3.8) is 0 Å². The number of rotatable bonds is 8. The first kappa shape index (κ1) is 21.7. The standard InChI is InChI=1S/C23H25ClN4O2/c1-3-20(27(13-12-25)21(29)4-2)22-26-19-14-17(24)10-11-18(19)23(30)28(22)15-16-8-6-5-7-9-16/h4-11,14,20H,2-3,12-13,15,25H2,1H3. The van der Waals surface area contributed by atoms with Gasteiger partial charge >= 0.3 is 0 Å². The zero-order chi connectivity index (χ0) is 21.7. The van der Waals surface area contributed by atoms with Crippen molar-refractivity contribution in [1.82, 2.24) is 14.5 Å². The average molecular weight is 425 g/mol. The van der Waals surface area contributed by atoms with Crippen molar-refractivity contribution in [2.45, 2.75) is 25.9 Å². The molecule has 30 heavy (non-hydrogen) atoms. The van der Waals surface area contributed by atoms with E-state index in [0.717, 1.165) is 5.56 Å². The number of benzene rings is 2. The van der Waals surface area contributed by atoms with Crippen LogP contribution in [0.5, 0.6) is 0 Å². The molecule has 0 saturated heterocycles. The predicted molar refractivity (Wildman–Crippen MR) is 121 cm³/mol. The molecule has 0 fully saturated rings. The molecule has 1 unspecified atom stereocenters. The second-order valence-electron chi connectivity index (χ2n) is 6.96. The highest BCUT2D eigenvalue weighted by Crippen LogP contribution is 2.25. The molecule has 2 N–H and O–H groups in total. The summed E-state index contributed by atoms with van der Waals surface area (Å²) < 4.78 is 1.64. The Morgan fingerprint density at radius 1 is 1.30 bits per heavy atom. The Morgan fingerprint density at radius 2 is 2.03 bits per heavy atom. The second-order valence-corrected chi connectivity index (χ2v) is 7.39. The summed E-state index contributed by atoms with van der Waals surface area (Å²) in [6, 6.07) is 14.3. The number of halogens is 1. The number of carbonyl (C=O) groups excluding carboxylic acids is 1. The fourth-order valence-electron chi connectivity index (χ4n) is 3.60. The van der Waals surface area contributed by atoms with Crippen molar-refractivity contribution in [2.75, 3.05) is 13.1 Å². The molecule has 1 aromatic heterocycles. The number of fused-ring (bicyclic) bond motifs is 1. The lowest BCUT2D eigenvalue weighted by atomic mass is 10.1. The lowest BCUT2D eigenvalue weighted by Crippen LogP contribution is -2.40. The zero-order valence-electron chi connectivity index (χ0n) is 16.9. The molecule has 0 spiro atoms. The third-order valence-corrected chi connectivity index (χ3v) is 5.25. The van der Waals surface area contributed by atoms with Gasteiger partial charge in [-0.1, -0.05) is 55.4 Å². The molecule has 0 bridgehead atoms. The third-order valence-electron chi connectivity index (χ3n) is 5.02. The van der Waals surface area contributed by atoms with Crippen LogP contribution in [0.3, 0.4) is 0 Å².